The minimum atomic E-state index is -0.145. The maximum absolute atomic E-state index is 12.9. The second kappa shape index (κ2) is 6.86. The normalized spacial score (nSPS) is 21.0. The first-order valence-corrected chi connectivity index (χ1v) is 7.84. The lowest BCUT2D eigenvalue weighted by Gasteiger charge is -2.36. The topological polar surface area (TPSA) is 12.0 Å². The van der Waals surface area contributed by atoms with Crippen LogP contribution in [0.1, 0.15) is 36.3 Å². The lowest BCUT2D eigenvalue weighted by atomic mass is 9.76. The van der Waals surface area contributed by atoms with Crippen LogP contribution >= 0.6 is 0 Å². The molecule has 0 heterocycles. The molecule has 2 aromatic carbocycles. The van der Waals surface area contributed by atoms with Gasteiger partial charge in [0.05, 0.1) is 0 Å². The zero-order valence-corrected chi connectivity index (χ0v) is 12.3. The average Bonchev–Trinajstić information content (AvgIpc) is 2.48. The number of hydrogen-bond acceptors (Lipinski definition) is 1. The highest BCUT2D eigenvalue weighted by molar-refractivity contribution is 5.23. The van der Waals surface area contributed by atoms with Crippen LogP contribution in [0.15, 0.2) is 54.6 Å². The van der Waals surface area contributed by atoms with Crippen molar-refractivity contribution >= 4 is 0 Å². The van der Waals surface area contributed by atoms with Crippen LogP contribution < -0.4 is 5.32 Å². The molecule has 0 aromatic heterocycles. The van der Waals surface area contributed by atoms with Crippen molar-refractivity contribution in [1.29, 1.82) is 0 Å². The largest absolute Gasteiger partial charge is 0.314 e. The number of aryl methyl sites for hydroxylation is 1. The van der Waals surface area contributed by atoms with E-state index < -0.39 is 0 Å². The summed E-state index contributed by atoms with van der Waals surface area (Å²) in [6.07, 6.45) is 4.68. The van der Waals surface area contributed by atoms with E-state index in [0.717, 1.165) is 13.0 Å². The molecular weight excluding hydrogens is 261 g/mol. The quantitative estimate of drug-likeness (QED) is 0.780. The highest BCUT2D eigenvalue weighted by Crippen LogP contribution is 2.36. The van der Waals surface area contributed by atoms with Crippen molar-refractivity contribution in [3.63, 3.8) is 0 Å². The molecule has 1 nitrogen and oxygen atoms in total. The van der Waals surface area contributed by atoms with Gasteiger partial charge >= 0.3 is 0 Å². The van der Waals surface area contributed by atoms with E-state index >= 15 is 0 Å². The Morgan fingerprint density at radius 1 is 0.952 bits per heavy atom. The third kappa shape index (κ3) is 3.92. The van der Waals surface area contributed by atoms with E-state index in [1.165, 1.54) is 30.4 Å². The van der Waals surface area contributed by atoms with Crippen molar-refractivity contribution in [3.05, 3.63) is 71.5 Å². The summed E-state index contributed by atoms with van der Waals surface area (Å²) in [7, 11) is 0. The van der Waals surface area contributed by atoms with Crippen LogP contribution in [-0.2, 0) is 6.42 Å². The first kappa shape index (κ1) is 14.3. The monoisotopic (exact) mass is 283 g/mol. The fraction of sp³-hybridized carbons (Fsp3) is 0.368. The van der Waals surface area contributed by atoms with E-state index in [1.54, 1.807) is 12.1 Å². The molecule has 1 saturated carbocycles. The first-order valence-electron chi connectivity index (χ1n) is 7.84. The lowest BCUT2D eigenvalue weighted by Crippen LogP contribution is -2.40. The molecule has 0 unspecified atom stereocenters. The molecule has 0 bridgehead atoms. The molecule has 1 N–H and O–H groups in total. The molecule has 2 aromatic rings. The average molecular weight is 283 g/mol. The zero-order chi connectivity index (χ0) is 14.5. The van der Waals surface area contributed by atoms with Gasteiger partial charge in [-0.15, -0.1) is 0 Å². The van der Waals surface area contributed by atoms with Gasteiger partial charge < -0.3 is 5.32 Å². The van der Waals surface area contributed by atoms with E-state index in [1.807, 2.05) is 12.1 Å². The van der Waals surface area contributed by atoms with Crippen molar-refractivity contribution in [2.24, 2.45) is 0 Å². The van der Waals surface area contributed by atoms with Crippen molar-refractivity contribution in [2.45, 2.75) is 37.6 Å². The second-order valence-electron chi connectivity index (χ2n) is 5.96. The Bertz CT molecular complexity index is 544. The van der Waals surface area contributed by atoms with Crippen LogP contribution in [0, 0.1) is 5.82 Å². The number of halogens is 1. The molecular formula is C19H22FN. The molecule has 3 rings (SSSR count). The Kier molecular flexibility index (Phi) is 4.66. The summed E-state index contributed by atoms with van der Waals surface area (Å²) in [6, 6.07) is 18.2. The number of nitrogens with one attached hydrogen (secondary N) is 1. The molecule has 0 amide bonds. The molecule has 0 aliphatic heterocycles. The second-order valence-corrected chi connectivity index (χ2v) is 5.96. The van der Waals surface area contributed by atoms with E-state index in [2.05, 4.69) is 35.6 Å². The number of hydrogen-bond donors (Lipinski definition) is 1. The smallest absolute Gasteiger partial charge is 0.123 e. The highest BCUT2D eigenvalue weighted by Gasteiger charge is 2.29. The van der Waals surface area contributed by atoms with Crippen molar-refractivity contribution in [3.8, 4) is 0 Å². The van der Waals surface area contributed by atoms with Gasteiger partial charge in [0.15, 0.2) is 0 Å². The van der Waals surface area contributed by atoms with Crippen LogP contribution in [0.2, 0.25) is 0 Å². The Labute approximate surface area is 126 Å². The van der Waals surface area contributed by atoms with Gasteiger partial charge in [0.25, 0.3) is 0 Å². The lowest BCUT2D eigenvalue weighted by molar-refractivity contribution is 0.290. The summed E-state index contributed by atoms with van der Waals surface area (Å²) >= 11 is 0. The summed E-state index contributed by atoms with van der Waals surface area (Å²) in [5.41, 5.74) is 2.69. The molecule has 21 heavy (non-hydrogen) atoms. The van der Waals surface area contributed by atoms with Crippen molar-refractivity contribution in [1.82, 2.24) is 5.32 Å². The zero-order valence-electron chi connectivity index (χ0n) is 12.3. The summed E-state index contributed by atoms with van der Waals surface area (Å²) in [4.78, 5) is 0. The predicted molar refractivity (Wildman–Crippen MR) is 84.9 cm³/mol. The Balaban J connectivity index is 1.33. The summed E-state index contributed by atoms with van der Waals surface area (Å²) in [6.45, 7) is 1.08. The molecule has 1 aliphatic carbocycles. The Morgan fingerprint density at radius 3 is 2.38 bits per heavy atom. The summed E-state index contributed by atoms with van der Waals surface area (Å²) < 4.78 is 12.9. The SMILES string of the molecule is Fc1ccc(C2CC(NCCCc3ccccc3)C2)cc1. The van der Waals surface area contributed by atoms with Gasteiger partial charge in [-0.2, -0.15) is 0 Å². The van der Waals surface area contributed by atoms with E-state index in [-0.39, 0.29) is 5.82 Å². The standard InChI is InChI=1S/C19H22FN/c20-18-10-8-16(9-11-18)17-13-19(14-17)21-12-4-7-15-5-2-1-3-6-15/h1-3,5-6,8-11,17,19,21H,4,7,12-14H2. The van der Waals surface area contributed by atoms with Gasteiger partial charge in [-0.1, -0.05) is 42.5 Å². The summed E-state index contributed by atoms with van der Waals surface area (Å²) in [5, 5.41) is 3.63. The van der Waals surface area contributed by atoms with Crippen LogP contribution in [0.3, 0.4) is 0 Å². The molecule has 1 aliphatic rings. The number of rotatable bonds is 6. The predicted octanol–water partition coefficient (Wildman–Crippen LogP) is 4.29. The third-order valence-electron chi connectivity index (χ3n) is 4.40. The molecule has 2 heteroatoms. The van der Waals surface area contributed by atoms with E-state index in [0.29, 0.717) is 12.0 Å². The Morgan fingerprint density at radius 2 is 1.67 bits per heavy atom. The number of benzene rings is 2. The van der Waals surface area contributed by atoms with Crippen molar-refractivity contribution in [2.75, 3.05) is 6.54 Å². The van der Waals surface area contributed by atoms with Crippen LogP contribution in [0.4, 0.5) is 4.39 Å². The molecule has 0 spiro atoms. The van der Waals surface area contributed by atoms with Crippen LogP contribution in [0.5, 0.6) is 0 Å². The molecule has 110 valence electrons. The van der Waals surface area contributed by atoms with Crippen molar-refractivity contribution < 1.29 is 4.39 Å². The van der Waals surface area contributed by atoms with Gasteiger partial charge in [-0.05, 0) is 61.4 Å². The fourth-order valence-electron chi connectivity index (χ4n) is 3.04. The Hall–Kier alpha value is -1.67. The minimum Gasteiger partial charge on any atom is -0.314 e. The van der Waals surface area contributed by atoms with Gasteiger partial charge in [-0.25, -0.2) is 4.39 Å². The third-order valence-corrected chi connectivity index (χ3v) is 4.40. The minimum absolute atomic E-state index is 0.145. The maximum atomic E-state index is 12.9. The van der Waals surface area contributed by atoms with Gasteiger partial charge in [-0.3, -0.25) is 0 Å². The first-order chi connectivity index (χ1) is 10.3. The van der Waals surface area contributed by atoms with E-state index in [9.17, 15) is 4.39 Å². The molecule has 1 fully saturated rings. The highest BCUT2D eigenvalue weighted by atomic mass is 19.1. The van der Waals surface area contributed by atoms with Gasteiger partial charge in [0.2, 0.25) is 0 Å². The molecule has 0 saturated heterocycles. The van der Waals surface area contributed by atoms with Gasteiger partial charge in [0, 0.05) is 6.04 Å². The maximum Gasteiger partial charge on any atom is 0.123 e. The van der Waals surface area contributed by atoms with Gasteiger partial charge in [0.1, 0.15) is 5.82 Å². The fourth-order valence-corrected chi connectivity index (χ4v) is 3.04. The van der Waals surface area contributed by atoms with E-state index in [4.69, 9.17) is 0 Å². The molecule has 0 atom stereocenters. The molecule has 0 radical (unpaired) electrons. The van der Waals surface area contributed by atoms with Crippen LogP contribution in [-0.4, -0.2) is 12.6 Å². The van der Waals surface area contributed by atoms with Crippen LogP contribution in [0.25, 0.3) is 0 Å². The summed E-state index contributed by atoms with van der Waals surface area (Å²) in [5.74, 6) is 0.464.